The summed E-state index contributed by atoms with van der Waals surface area (Å²) in [6.45, 7) is 1.81. The number of rotatable bonds is 8. The molecule has 0 bridgehead atoms. The van der Waals surface area contributed by atoms with E-state index in [0.717, 1.165) is 0 Å². The number of hydrogen-bond acceptors (Lipinski definition) is 3. The predicted octanol–water partition coefficient (Wildman–Crippen LogP) is 1.61. The highest BCUT2D eigenvalue weighted by atomic mass is 32.2. The first-order valence-corrected chi connectivity index (χ1v) is 7.84. The van der Waals surface area contributed by atoms with Gasteiger partial charge in [-0.05, 0) is 12.0 Å². The van der Waals surface area contributed by atoms with E-state index < -0.39 is 21.9 Å². The molecule has 1 aromatic rings. The highest BCUT2D eigenvalue weighted by Gasteiger charge is 2.19. The highest BCUT2D eigenvalue weighted by molar-refractivity contribution is 7.88. The Morgan fingerprint density at radius 2 is 1.95 bits per heavy atom. The Kier molecular flexibility index (Phi) is 5.98. The fourth-order valence-corrected chi connectivity index (χ4v) is 2.92. The van der Waals surface area contributed by atoms with Gasteiger partial charge in [-0.15, -0.1) is 0 Å². The van der Waals surface area contributed by atoms with Crippen molar-refractivity contribution in [3.05, 3.63) is 35.9 Å². The zero-order valence-corrected chi connectivity index (χ0v) is 11.7. The number of hydrogen-bond donors (Lipinski definition) is 2. The van der Waals surface area contributed by atoms with Gasteiger partial charge in [0, 0.05) is 6.54 Å². The Balaban J connectivity index is 2.57. The van der Waals surface area contributed by atoms with Gasteiger partial charge in [-0.2, -0.15) is 0 Å². The first-order chi connectivity index (χ1) is 8.94. The molecular formula is C13H19NO4S. The van der Waals surface area contributed by atoms with Gasteiger partial charge >= 0.3 is 5.97 Å². The van der Waals surface area contributed by atoms with E-state index in [2.05, 4.69) is 4.72 Å². The second-order valence-electron chi connectivity index (χ2n) is 4.42. The first-order valence-electron chi connectivity index (χ1n) is 6.18. The van der Waals surface area contributed by atoms with Crippen LogP contribution >= 0.6 is 0 Å². The van der Waals surface area contributed by atoms with Gasteiger partial charge in [0.25, 0.3) is 0 Å². The summed E-state index contributed by atoms with van der Waals surface area (Å²) in [5.74, 6) is -1.77. The van der Waals surface area contributed by atoms with Crippen molar-refractivity contribution < 1.29 is 18.3 Å². The van der Waals surface area contributed by atoms with Crippen LogP contribution in [-0.4, -0.2) is 26.0 Å². The van der Waals surface area contributed by atoms with Gasteiger partial charge in [0.15, 0.2) is 0 Å². The molecule has 0 saturated carbocycles. The quantitative estimate of drug-likeness (QED) is 0.760. The van der Waals surface area contributed by atoms with E-state index in [1.165, 1.54) is 0 Å². The van der Waals surface area contributed by atoms with Gasteiger partial charge in [0.2, 0.25) is 10.0 Å². The maximum absolute atomic E-state index is 11.8. The number of nitrogens with one attached hydrogen (secondary N) is 1. The molecule has 5 nitrogen and oxygen atoms in total. The Morgan fingerprint density at radius 1 is 1.32 bits per heavy atom. The number of aliphatic carboxylic acids is 1. The van der Waals surface area contributed by atoms with Crippen LogP contribution in [0.25, 0.3) is 0 Å². The lowest BCUT2D eigenvalue weighted by atomic mass is 10.1. The van der Waals surface area contributed by atoms with Gasteiger partial charge in [0.05, 0.1) is 11.7 Å². The summed E-state index contributed by atoms with van der Waals surface area (Å²) >= 11 is 0. The topological polar surface area (TPSA) is 83.5 Å². The molecule has 1 rings (SSSR count). The molecule has 0 amide bonds. The molecule has 0 fully saturated rings. The van der Waals surface area contributed by atoms with Crippen LogP contribution < -0.4 is 4.72 Å². The minimum Gasteiger partial charge on any atom is -0.481 e. The first kappa shape index (κ1) is 15.7. The molecular weight excluding hydrogens is 266 g/mol. The van der Waals surface area contributed by atoms with Crippen molar-refractivity contribution in [2.24, 2.45) is 5.92 Å². The summed E-state index contributed by atoms with van der Waals surface area (Å²) in [5, 5.41) is 8.96. The predicted molar refractivity (Wildman–Crippen MR) is 73.1 cm³/mol. The monoisotopic (exact) mass is 285 g/mol. The van der Waals surface area contributed by atoms with Crippen molar-refractivity contribution in [3.63, 3.8) is 0 Å². The van der Waals surface area contributed by atoms with Crippen molar-refractivity contribution in [1.82, 2.24) is 4.72 Å². The standard InChI is InChI=1S/C13H19NO4S/c1-2-6-12(13(15)16)9-14-19(17,18)10-11-7-4-3-5-8-11/h3-5,7-8,12,14H,2,6,9-10H2,1H3,(H,15,16). The van der Waals surface area contributed by atoms with Crippen LogP contribution in [-0.2, 0) is 20.6 Å². The summed E-state index contributed by atoms with van der Waals surface area (Å²) in [4.78, 5) is 10.9. The molecule has 2 N–H and O–H groups in total. The summed E-state index contributed by atoms with van der Waals surface area (Å²) < 4.78 is 26.0. The average Bonchev–Trinajstić information content (AvgIpc) is 2.34. The third-order valence-electron chi connectivity index (χ3n) is 2.74. The molecule has 0 aliphatic rings. The third kappa shape index (κ3) is 5.85. The number of carboxylic acid groups (broad SMARTS) is 1. The number of sulfonamides is 1. The normalized spacial score (nSPS) is 13.1. The molecule has 106 valence electrons. The Bertz CT molecular complexity index is 499. The van der Waals surface area contributed by atoms with E-state index in [9.17, 15) is 13.2 Å². The summed E-state index contributed by atoms with van der Waals surface area (Å²) in [5.41, 5.74) is 0.678. The molecule has 0 saturated heterocycles. The van der Waals surface area contributed by atoms with Crippen molar-refractivity contribution in [2.75, 3.05) is 6.54 Å². The lowest BCUT2D eigenvalue weighted by Gasteiger charge is -2.12. The second-order valence-corrected chi connectivity index (χ2v) is 6.22. The fourth-order valence-electron chi connectivity index (χ4n) is 1.73. The smallest absolute Gasteiger partial charge is 0.307 e. The van der Waals surface area contributed by atoms with Crippen LogP contribution in [0.4, 0.5) is 0 Å². The van der Waals surface area contributed by atoms with Crippen LogP contribution in [0.2, 0.25) is 0 Å². The van der Waals surface area contributed by atoms with Gasteiger partial charge in [-0.1, -0.05) is 43.7 Å². The molecule has 19 heavy (non-hydrogen) atoms. The molecule has 0 radical (unpaired) electrons. The van der Waals surface area contributed by atoms with Crippen LogP contribution in [0.1, 0.15) is 25.3 Å². The van der Waals surface area contributed by atoms with Crippen LogP contribution in [0.15, 0.2) is 30.3 Å². The maximum Gasteiger partial charge on any atom is 0.307 e. The van der Waals surface area contributed by atoms with E-state index in [-0.39, 0.29) is 12.3 Å². The fraction of sp³-hybridized carbons (Fsp3) is 0.462. The summed E-state index contributed by atoms with van der Waals surface area (Å²) in [7, 11) is -3.49. The zero-order valence-electron chi connectivity index (χ0n) is 10.9. The minimum absolute atomic E-state index is 0.0572. The summed E-state index contributed by atoms with van der Waals surface area (Å²) in [6.07, 6.45) is 1.17. The number of carboxylic acids is 1. The molecule has 0 aliphatic heterocycles. The van der Waals surface area contributed by atoms with Crippen molar-refractivity contribution >= 4 is 16.0 Å². The Labute approximate surface area is 113 Å². The second kappa shape index (κ2) is 7.25. The van der Waals surface area contributed by atoms with Gasteiger partial charge in [-0.3, -0.25) is 4.79 Å². The van der Waals surface area contributed by atoms with Crippen molar-refractivity contribution in [3.8, 4) is 0 Å². The number of carbonyl (C=O) groups is 1. The molecule has 0 heterocycles. The van der Waals surface area contributed by atoms with Crippen LogP contribution in [0, 0.1) is 5.92 Å². The van der Waals surface area contributed by atoms with Crippen molar-refractivity contribution in [2.45, 2.75) is 25.5 Å². The minimum atomic E-state index is -3.49. The molecule has 0 aromatic heterocycles. The van der Waals surface area contributed by atoms with E-state index in [0.29, 0.717) is 18.4 Å². The largest absolute Gasteiger partial charge is 0.481 e. The summed E-state index contributed by atoms with van der Waals surface area (Å²) in [6, 6.07) is 8.79. The third-order valence-corrected chi connectivity index (χ3v) is 4.06. The van der Waals surface area contributed by atoms with Crippen LogP contribution in [0.5, 0.6) is 0 Å². The van der Waals surface area contributed by atoms with Gasteiger partial charge in [-0.25, -0.2) is 13.1 Å². The molecule has 1 atom stereocenters. The lowest BCUT2D eigenvalue weighted by molar-refractivity contribution is -0.141. The highest BCUT2D eigenvalue weighted by Crippen LogP contribution is 2.08. The Hall–Kier alpha value is -1.40. The molecule has 0 spiro atoms. The average molecular weight is 285 g/mol. The lowest BCUT2D eigenvalue weighted by Crippen LogP contribution is -2.33. The molecule has 1 unspecified atom stereocenters. The van der Waals surface area contributed by atoms with E-state index >= 15 is 0 Å². The van der Waals surface area contributed by atoms with Crippen LogP contribution in [0.3, 0.4) is 0 Å². The van der Waals surface area contributed by atoms with E-state index in [1.54, 1.807) is 24.3 Å². The SMILES string of the molecule is CCCC(CNS(=O)(=O)Cc1ccccc1)C(=O)O. The number of benzene rings is 1. The maximum atomic E-state index is 11.8. The zero-order chi connectivity index (χ0) is 14.3. The van der Waals surface area contributed by atoms with E-state index in [4.69, 9.17) is 5.11 Å². The molecule has 1 aromatic carbocycles. The van der Waals surface area contributed by atoms with Gasteiger partial charge in [0.1, 0.15) is 0 Å². The van der Waals surface area contributed by atoms with Crippen molar-refractivity contribution in [1.29, 1.82) is 0 Å². The van der Waals surface area contributed by atoms with E-state index in [1.807, 2.05) is 13.0 Å². The molecule has 0 aliphatic carbocycles. The molecule has 6 heteroatoms. The van der Waals surface area contributed by atoms with Gasteiger partial charge < -0.3 is 5.11 Å². The Morgan fingerprint density at radius 3 is 2.47 bits per heavy atom.